The lowest BCUT2D eigenvalue weighted by atomic mass is 9.99. The summed E-state index contributed by atoms with van der Waals surface area (Å²) in [7, 11) is 0. The summed E-state index contributed by atoms with van der Waals surface area (Å²) in [6.07, 6.45) is 5.76. The number of benzene rings is 1. The third kappa shape index (κ3) is 3.06. The van der Waals surface area contributed by atoms with Gasteiger partial charge >= 0.3 is 0 Å². The second kappa shape index (κ2) is 6.58. The van der Waals surface area contributed by atoms with Gasteiger partial charge in [-0.15, -0.1) is 0 Å². The molecule has 1 aromatic carbocycles. The van der Waals surface area contributed by atoms with Crippen LogP contribution in [0.5, 0.6) is 0 Å². The molecule has 2 atom stereocenters. The quantitative estimate of drug-likeness (QED) is 0.857. The molecule has 0 bridgehead atoms. The van der Waals surface area contributed by atoms with Crippen molar-refractivity contribution in [3.05, 3.63) is 35.9 Å². The number of carbonyl (C=O) groups is 2. The van der Waals surface area contributed by atoms with Crippen molar-refractivity contribution in [2.45, 2.75) is 50.5 Å². The Kier molecular flexibility index (Phi) is 4.30. The van der Waals surface area contributed by atoms with Crippen molar-refractivity contribution in [2.75, 3.05) is 19.6 Å². The Morgan fingerprint density at radius 1 is 1.00 bits per heavy atom. The minimum atomic E-state index is 0.181. The van der Waals surface area contributed by atoms with E-state index in [0.717, 1.165) is 51.7 Å². The third-order valence-electron chi connectivity index (χ3n) is 5.91. The molecule has 1 saturated carbocycles. The summed E-state index contributed by atoms with van der Waals surface area (Å²) in [4.78, 5) is 28.9. The molecule has 2 saturated heterocycles. The Morgan fingerprint density at radius 3 is 2.46 bits per heavy atom. The van der Waals surface area contributed by atoms with E-state index < -0.39 is 0 Å². The van der Waals surface area contributed by atoms with Crippen LogP contribution < -0.4 is 0 Å². The molecule has 0 unspecified atom stereocenters. The topological polar surface area (TPSA) is 40.6 Å². The minimum Gasteiger partial charge on any atom is -0.342 e. The molecule has 24 heavy (non-hydrogen) atoms. The summed E-state index contributed by atoms with van der Waals surface area (Å²) in [6, 6.07) is 10.7. The molecule has 128 valence electrons. The molecule has 2 amide bonds. The molecular weight excluding hydrogens is 300 g/mol. The number of nitrogens with zero attached hydrogens (tertiary/aromatic N) is 2. The highest BCUT2D eigenvalue weighted by Gasteiger charge is 2.46. The van der Waals surface area contributed by atoms with Gasteiger partial charge in [0.1, 0.15) is 0 Å². The molecule has 2 aliphatic heterocycles. The van der Waals surface area contributed by atoms with Gasteiger partial charge in [0.15, 0.2) is 0 Å². The normalized spacial score (nSPS) is 28.1. The SMILES string of the molecule is O=C([C@H]1C[C@@H]1c1ccccc1)N1CCC(N2CCCCC2=O)CC1. The first kappa shape index (κ1) is 15.7. The second-order valence-electron chi connectivity index (χ2n) is 7.46. The van der Waals surface area contributed by atoms with Crippen LogP contribution in [-0.2, 0) is 9.59 Å². The first-order valence-corrected chi connectivity index (χ1v) is 9.37. The maximum absolute atomic E-state index is 12.7. The van der Waals surface area contributed by atoms with Gasteiger partial charge < -0.3 is 9.80 Å². The summed E-state index contributed by atoms with van der Waals surface area (Å²) in [5.74, 6) is 1.24. The molecule has 1 aliphatic carbocycles. The fourth-order valence-corrected chi connectivity index (χ4v) is 4.38. The largest absolute Gasteiger partial charge is 0.342 e. The van der Waals surface area contributed by atoms with Gasteiger partial charge in [0, 0.05) is 38.0 Å². The van der Waals surface area contributed by atoms with E-state index in [-0.39, 0.29) is 5.92 Å². The highest BCUT2D eigenvalue weighted by Crippen LogP contribution is 2.48. The second-order valence-corrected chi connectivity index (χ2v) is 7.46. The molecule has 0 N–H and O–H groups in total. The van der Waals surface area contributed by atoms with E-state index in [0.29, 0.717) is 30.2 Å². The Balaban J connectivity index is 1.30. The number of carbonyl (C=O) groups excluding carboxylic acids is 2. The number of piperidine rings is 2. The van der Waals surface area contributed by atoms with Crippen LogP contribution in [0.3, 0.4) is 0 Å². The molecule has 4 rings (SSSR count). The van der Waals surface area contributed by atoms with Crippen molar-refractivity contribution in [1.29, 1.82) is 0 Å². The van der Waals surface area contributed by atoms with E-state index in [1.165, 1.54) is 5.56 Å². The van der Waals surface area contributed by atoms with Gasteiger partial charge in [0.2, 0.25) is 11.8 Å². The maximum Gasteiger partial charge on any atom is 0.226 e. The highest BCUT2D eigenvalue weighted by molar-refractivity contribution is 5.83. The molecule has 0 aromatic heterocycles. The maximum atomic E-state index is 12.7. The Labute approximate surface area is 143 Å². The lowest BCUT2D eigenvalue weighted by Crippen LogP contribution is -2.50. The third-order valence-corrected chi connectivity index (χ3v) is 5.91. The molecule has 2 heterocycles. The Bertz CT molecular complexity index is 607. The molecule has 0 radical (unpaired) electrons. The average molecular weight is 326 g/mol. The van der Waals surface area contributed by atoms with E-state index in [9.17, 15) is 9.59 Å². The van der Waals surface area contributed by atoms with Gasteiger partial charge in [0.05, 0.1) is 0 Å². The zero-order chi connectivity index (χ0) is 16.5. The predicted molar refractivity (Wildman–Crippen MR) is 92.5 cm³/mol. The van der Waals surface area contributed by atoms with Crippen molar-refractivity contribution in [2.24, 2.45) is 5.92 Å². The summed E-state index contributed by atoms with van der Waals surface area (Å²) in [5.41, 5.74) is 1.30. The van der Waals surface area contributed by atoms with Crippen LogP contribution in [0.25, 0.3) is 0 Å². The number of likely N-dealkylation sites (tertiary alicyclic amines) is 2. The summed E-state index contributed by atoms with van der Waals surface area (Å²) in [6.45, 7) is 2.53. The zero-order valence-electron chi connectivity index (χ0n) is 14.2. The van der Waals surface area contributed by atoms with Crippen LogP contribution in [0, 0.1) is 5.92 Å². The lowest BCUT2D eigenvalue weighted by Gasteiger charge is -2.40. The van der Waals surface area contributed by atoms with Crippen LogP contribution >= 0.6 is 0 Å². The van der Waals surface area contributed by atoms with Gasteiger partial charge in [-0.2, -0.15) is 0 Å². The highest BCUT2D eigenvalue weighted by atomic mass is 16.2. The summed E-state index contributed by atoms with van der Waals surface area (Å²) < 4.78 is 0. The fourth-order valence-electron chi connectivity index (χ4n) is 4.38. The number of rotatable bonds is 3. The van der Waals surface area contributed by atoms with Crippen LogP contribution in [0.15, 0.2) is 30.3 Å². The van der Waals surface area contributed by atoms with Crippen molar-refractivity contribution in [3.63, 3.8) is 0 Å². The summed E-state index contributed by atoms with van der Waals surface area (Å²) >= 11 is 0. The standard InChI is InChI=1S/C20H26N2O2/c23-19-8-4-5-11-22(19)16-9-12-21(13-10-16)20(24)18-14-17(18)15-6-2-1-3-7-15/h1-3,6-7,16-18H,4-5,8-14H2/t17-,18+/m1/s1. The molecule has 0 spiro atoms. The van der Waals surface area contributed by atoms with E-state index in [1.807, 2.05) is 11.0 Å². The van der Waals surface area contributed by atoms with E-state index in [2.05, 4.69) is 29.2 Å². The van der Waals surface area contributed by atoms with Crippen molar-refractivity contribution in [1.82, 2.24) is 9.80 Å². The van der Waals surface area contributed by atoms with E-state index in [4.69, 9.17) is 0 Å². The van der Waals surface area contributed by atoms with Crippen molar-refractivity contribution >= 4 is 11.8 Å². The Morgan fingerprint density at radius 2 is 1.75 bits per heavy atom. The molecule has 4 nitrogen and oxygen atoms in total. The van der Waals surface area contributed by atoms with Gasteiger partial charge in [0.25, 0.3) is 0 Å². The van der Waals surface area contributed by atoms with Gasteiger partial charge in [-0.3, -0.25) is 9.59 Å². The van der Waals surface area contributed by atoms with Crippen molar-refractivity contribution in [3.8, 4) is 0 Å². The molecule has 4 heteroatoms. The lowest BCUT2D eigenvalue weighted by molar-refractivity contribution is -0.139. The molecular formula is C20H26N2O2. The van der Waals surface area contributed by atoms with Gasteiger partial charge in [-0.05, 0) is 43.6 Å². The van der Waals surface area contributed by atoms with Crippen LogP contribution in [-0.4, -0.2) is 47.3 Å². The molecule has 1 aromatic rings. The fraction of sp³-hybridized carbons (Fsp3) is 0.600. The molecule has 3 aliphatic rings. The number of amides is 2. The Hall–Kier alpha value is -1.84. The number of hydrogen-bond acceptors (Lipinski definition) is 2. The first-order valence-electron chi connectivity index (χ1n) is 9.37. The summed E-state index contributed by atoms with van der Waals surface area (Å²) in [5, 5.41) is 0. The van der Waals surface area contributed by atoms with E-state index >= 15 is 0 Å². The van der Waals surface area contributed by atoms with Gasteiger partial charge in [-0.1, -0.05) is 30.3 Å². The van der Waals surface area contributed by atoms with Crippen LogP contribution in [0.2, 0.25) is 0 Å². The van der Waals surface area contributed by atoms with Gasteiger partial charge in [-0.25, -0.2) is 0 Å². The van der Waals surface area contributed by atoms with Crippen molar-refractivity contribution < 1.29 is 9.59 Å². The minimum absolute atomic E-state index is 0.181. The van der Waals surface area contributed by atoms with E-state index in [1.54, 1.807) is 0 Å². The zero-order valence-corrected chi connectivity index (χ0v) is 14.2. The smallest absolute Gasteiger partial charge is 0.226 e. The predicted octanol–water partition coefficient (Wildman–Crippen LogP) is 2.79. The first-order chi connectivity index (χ1) is 11.7. The van der Waals surface area contributed by atoms with Crippen LogP contribution in [0.4, 0.5) is 0 Å². The average Bonchev–Trinajstić information content (AvgIpc) is 3.43. The monoisotopic (exact) mass is 326 g/mol. The number of hydrogen-bond donors (Lipinski definition) is 0. The molecule has 3 fully saturated rings. The van der Waals surface area contributed by atoms with Crippen LogP contribution in [0.1, 0.15) is 50.0 Å².